The van der Waals surface area contributed by atoms with Gasteiger partial charge in [-0.05, 0) is 121 Å². The highest BCUT2D eigenvalue weighted by molar-refractivity contribution is 8.00. The van der Waals surface area contributed by atoms with Crippen LogP contribution in [0.3, 0.4) is 0 Å². The third kappa shape index (κ3) is 15.5. The minimum atomic E-state index is -1.49. The lowest BCUT2D eigenvalue weighted by molar-refractivity contribution is 0.278. The molecule has 1 fully saturated rings. The quantitative estimate of drug-likeness (QED) is 0.0499. The molecule has 1 aliphatic heterocycles. The Bertz CT molecular complexity index is 1160. The van der Waals surface area contributed by atoms with Crippen LogP contribution in [0.15, 0.2) is 141 Å². The van der Waals surface area contributed by atoms with Gasteiger partial charge in [0.2, 0.25) is 0 Å². The van der Waals surface area contributed by atoms with Crippen molar-refractivity contribution < 1.29 is 16.5 Å². The van der Waals surface area contributed by atoms with Gasteiger partial charge in [0.25, 0.3) is 0 Å². The van der Waals surface area contributed by atoms with Gasteiger partial charge in [0, 0.05) is 19.6 Å². The molecule has 0 aliphatic carbocycles. The van der Waals surface area contributed by atoms with E-state index in [0.29, 0.717) is 0 Å². The van der Waals surface area contributed by atoms with Crippen molar-refractivity contribution in [1.82, 2.24) is 0 Å². The highest BCUT2D eigenvalue weighted by Crippen LogP contribution is 2.26. The summed E-state index contributed by atoms with van der Waals surface area (Å²) in [5, 5.41) is 0. The van der Waals surface area contributed by atoms with E-state index in [0.717, 1.165) is 72.9 Å². The Morgan fingerprint density at radius 1 is 0.312 bits per heavy atom. The average Bonchev–Trinajstić information content (AvgIpc) is 3.12. The molecule has 1 aliphatic rings. The van der Waals surface area contributed by atoms with E-state index >= 15 is 0 Å². The summed E-state index contributed by atoms with van der Waals surface area (Å²) in [6, 6.07) is 46.6. The number of hydrogen-bond donors (Lipinski definition) is 0. The monoisotopic (exact) mass is 780 g/mol. The predicted molar refractivity (Wildman–Crippen MR) is 214 cm³/mol. The molecule has 4 aromatic carbocycles. The molecule has 5 rings (SSSR count). The molecule has 0 unspecified atom stereocenters. The van der Waals surface area contributed by atoms with Crippen LogP contribution in [0.5, 0.6) is 0 Å². The molecule has 0 amide bonds. The second-order valence-corrected chi connectivity index (χ2v) is 23.9. The standard InChI is InChI=1S/C36H44O4S4Si4/c1-5-17-33(18-6-1)41-25-13-29-45-37-46(30-14-26-42-34-19-7-2-8-20-34)39-48(32-16-28-44-36-23-11-4-12-24-36)40-47(38-45)31-15-27-43-35-21-9-3-10-22-35/h1-12,17-24H,13-16,25-32H2. The molecule has 4 radical (unpaired) electrons. The van der Waals surface area contributed by atoms with Gasteiger partial charge >= 0.3 is 37.1 Å². The molecule has 0 N–H and O–H groups in total. The van der Waals surface area contributed by atoms with E-state index in [9.17, 15) is 0 Å². The van der Waals surface area contributed by atoms with Crippen molar-refractivity contribution in [3.8, 4) is 0 Å². The third-order valence-corrected chi connectivity index (χ3v) is 21.8. The van der Waals surface area contributed by atoms with E-state index in [1.54, 1.807) is 0 Å². The fraction of sp³-hybridized carbons (Fsp3) is 0.333. The Morgan fingerprint density at radius 2 is 0.521 bits per heavy atom. The molecule has 4 aromatic rings. The van der Waals surface area contributed by atoms with Crippen molar-refractivity contribution in [2.24, 2.45) is 0 Å². The van der Waals surface area contributed by atoms with Gasteiger partial charge in [0.05, 0.1) is 0 Å². The molecule has 0 bridgehead atoms. The lowest BCUT2D eigenvalue weighted by atomic mass is 10.4. The number of benzene rings is 4. The number of hydrogen-bond acceptors (Lipinski definition) is 8. The van der Waals surface area contributed by atoms with Gasteiger partial charge in [0.15, 0.2) is 0 Å². The van der Waals surface area contributed by atoms with Crippen molar-refractivity contribution in [3.63, 3.8) is 0 Å². The van der Waals surface area contributed by atoms with Crippen LogP contribution in [0.25, 0.3) is 0 Å². The summed E-state index contributed by atoms with van der Waals surface area (Å²) < 4.78 is 27.6. The fourth-order valence-corrected chi connectivity index (χ4v) is 20.6. The van der Waals surface area contributed by atoms with Crippen LogP contribution >= 0.6 is 47.0 Å². The summed E-state index contributed by atoms with van der Waals surface area (Å²) in [7, 11) is -5.97. The topological polar surface area (TPSA) is 36.9 Å². The van der Waals surface area contributed by atoms with Crippen molar-refractivity contribution in [2.75, 3.05) is 23.0 Å². The first-order chi connectivity index (χ1) is 23.8. The van der Waals surface area contributed by atoms with E-state index in [-0.39, 0.29) is 0 Å². The minimum Gasteiger partial charge on any atom is -0.414 e. The van der Waals surface area contributed by atoms with Crippen LogP contribution in [0.1, 0.15) is 25.7 Å². The highest BCUT2D eigenvalue weighted by atomic mass is 32.2. The van der Waals surface area contributed by atoms with E-state index in [1.165, 1.54) is 19.6 Å². The summed E-state index contributed by atoms with van der Waals surface area (Å²) in [5.74, 6) is 4.25. The Balaban J connectivity index is 1.18. The summed E-state index contributed by atoms with van der Waals surface area (Å²) in [5.41, 5.74) is 0. The molecule has 0 atom stereocenters. The van der Waals surface area contributed by atoms with E-state index < -0.39 is 37.1 Å². The van der Waals surface area contributed by atoms with Crippen LogP contribution in [-0.2, 0) is 16.5 Å². The van der Waals surface area contributed by atoms with Crippen molar-refractivity contribution >= 4 is 84.2 Å². The summed E-state index contributed by atoms with van der Waals surface area (Å²) in [4.78, 5) is 5.28. The second-order valence-electron chi connectivity index (χ2n) is 11.0. The lowest BCUT2D eigenvalue weighted by Gasteiger charge is -2.32. The first kappa shape index (κ1) is 38.2. The molecule has 1 heterocycles. The van der Waals surface area contributed by atoms with Crippen molar-refractivity contribution in [3.05, 3.63) is 121 Å². The van der Waals surface area contributed by atoms with Crippen LogP contribution < -0.4 is 0 Å². The molecule has 12 heteroatoms. The predicted octanol–water partition coefficient (Wildman–Crippen LogP) is 10.7. The van der Waals surface area contributed by atoms with Crippen LogP contribution in [-0.4, -0.2) is 60.1 Å². The number of rotatable bonds is 20. The molecule has 1 saturated heterocycles. The highest BCUT2D eigenvalue weighted by Gasteiger charge is 2.37. The maximum Gasteiger partial charge on any atom is 0.365 e. The maximum absolute atomic E-state index is 6.91. The van der Waals surface area contributed by atoms with E-state index in [1.807, 2.05) is 47.0 Å². The molecular formula is C36H44O4S4Si4. The molecule has 0 saturated carbocycles. The minimum absolute atomic E-state index is 0.965. The SMILES string of the molecule is c1ccc(SCCC[Si]2O[Si](CCCSc3ccccc3)O[Si](CCCSc3ccccc3)O[Si](CCCSc3ccccc3)O2)cc1. The summed E-state index contributed by atoms with van der Waals surface area (Å²) in [6.07, 6.45) is 4.28. The average molecular weight is 781 g/mol. The van der Waals surface area contributed by atoms with Gasteiger partial charge in [-0.25, -0.2) is 0 Å². The Kier molecular flexibility index (Phi) is 18.7. The van der Waals surface area contributed by atoms with Gasteiger partial charge in [-0.3, -0.25) is 0 Å². The first-order valence-corrected chi connectivity index (χ1v) is 26.7. The van der Waals surface area contributed by atoms with Crippen LogP contribution in [0.4, 0.5) is 0 Å². The first-order valence-electron chi connectivity index (χ1n) is 16.7. The third-order valence-electron chi connectivity index (χ3n) is 7.06. The summed E-state index contributed by atoms with van der Waals surface area (Å²) >= 11 is 7.66. The normalized spacial score (nSPS) is 15.3. The Morgan fingerprint density at radius 3 is 0.729 bits per heavy atom. The second kappa shape index (κ2) is 23.5. The largest absolute Gasteiger partial charge is 0.414 e. The van der Waals surface area contributed by atoms with Gasteiger partial charge in [-0.1, -0.05) is 72.8 Å². The van der Waals surface area contributed by atoms with Gasteiger partial charge < -0.3 is 16.5 Å². The zero-order valence-corrected chi connectivity index (χ0v) is 34.6. The maximum atomic E-state index is 6.91. The zero-order valence-electron chi connectivity index (χ0n) is 27.3. The molecule has 4 nitrogen and oxygen atoms in total. The summed E-state index contributed by atoms with van der Waals surface area (Å²) in [6.45, 7) is 0. The molecule has 0 aromatic heterocycles. The van der Waals surface area contributed by atoms with Gasteiger partial charge in [-0.2, -0.15) is 0 Å². The molecule has 0 spiro atoms. The van der Waals surface area contributed by atoms with Gasteiger partial charge in [0.1, 0.15) is 0 Å². The molecule has 252 valence electrons. The smallest absolute Gasteiger partial charge is 0.365 e. The van der Waals surface area contributed by atoms with E-state index in [4.69, 9.17) is 16.5 Å². The molecular weight excluding hydrogens is 737 g/mol. The fourth-order valence-electron chi connectivity index (χ4n) is 4.69. The Labute approximate surface area is 312 Å². The van der Waals surface area contributed by atoms with Crippen molar-refractivity contribution in [1.29, 1.82) is 0 Å². The van der Waals surface area contributed by atoms with Crippen LogP contribution in [0, 0.1) is 0 Å². The Hall–Kier alpha value is -1.01. The van der Waals surface area contributed by atoms with Gasteiger partial charge in [-0.15, -0.1) is 47.0 Å². The molecule has 48 heavy (non-hydrogen) atoms. The zero-order chi connectivity index (χ0) is 32.9. The lowest BCUT2D eigenvalue weighted by Crippen LogP contribution is -2.48. The number of thioether (sulfide) groups is 4. The van der Waals surface area contributed by atoms with Crippen LogP contribution in [0.2, 0.25) is 24.2 Å². The van der Waals surface area contributed by atoms with E-state index in [2.05, 4.69) is 121 Å². The van der Waals surface area contributed by atoms with Crippen molar-refractivity contribution in [2.45, 2.75) is 69.4 Å².